The molecule has 0 aliphatic rings. The molecule has 2 aromatic carbocycles. The molecule has 3 amide bonds. The SMILES string of the molecule is CNC(=O)Nc1ccc(NC(=O)c2sc(-c3ccc(C)cc3C)nc2C)cc1. The number of benzene rings is 2. The van der Waals surface area contributed by atoms with E-state index in [1.54, 1.807) is 31.3 Å². The van der Waals surface area contributed by atoms with Gasteiger partial charge >= 0.3 is 6.03 Å². The van der Waals surface area contributed by atoms with Gasteiger partial charge in [0.15, 0.2) is 0 Å². The molecular weight excluding hydrogens is 372 g/mol. The van der Waals surface area contributed by atoms with Crippen LogP contribution < -0.4 is 16.0 Å². The Balaban J connectivity index is 1.76. The number of rotatable bonds is 4. The quantitative estimate of drug-likeness (QED) is 0.598. The van der Waals surface area contributed by atoms with E-state index in [2.05, 4.69) is 33.9 Å². The monoisotopic (exact) mass is 394 g/mol. The molecule has 0 radical (unpaired) electrons. The summed E-state index contributed by atoms with van der Waals surface area (Å²) < 4.78 is 0. The molecule has 0 saturated carbocycles. The molecule has 3 N–H and O–H groups in total. The Morgan fingerprint density at radius 2 is 1.57 bits per heavy atom. The van der Waals surface area contributed by atoms with Crippen molar-refractivity contribution in [2.24, 2.45) is 0 Å². The summed E-state index contributed by atoms with van der Waals surface area (Å²) >= 11 is 1.39. The first-order valence-corrected chi connectivity index (χ1v) is 9.64. The van der Waals surface area contributed by atoms with Crippen molar-refractivity contribution in [1.29, 1.82) is 0 Å². The molecule has 0 saturated heterocycles. The first-order valence-electron chi connectivity index (χ1n) is 8.82. The van der Waals surface area contributed by atoms with Crippen LogP contribution in [0.2, 0.25) is 0 Å². The van der Waals surface area contributed by atoms with Gasteiger partial charge in [-0.15, -0.1) is 11.3 Å². The molecule has 0 aliphatic carbocycles. The maximum absolute atomic E-state index is 12.7. The van der Waals surface area contributed by atoms with E-state index < -0.39 is 0 Å². The maximum Gasteiger partial charge on any atom is 0.318 e. The fourth-order valence-corrected chi connectivity index (χ4v) is 3.85. The highest BCUT2D eigenvalue weighted by Gasteiger charge is 2.17. The van der Waals surface area contributed by atoms with Crippen LogP contribution in [-0.2, 0) is 0 Å². The second-order valence-electron chi connectivity index (χ2n) is 6.49. The molecule has 0 bridgehead atoms. The fourth-order valence-electron chi connectivity index (χ4n) is 2.79. The summed E-state index contributed by atoms with van der Waals surface area (Å²) in [6, 6.07) is 12.8. The Kier molecular flexibility index (Phi) is 5.75. The first kappa shape index (κ1) is 19.6. The molecule has 3 aromatic rings. The van der Waals surface area contributed by atoms with Gasteiger partial charge in [0.1, 0.15) is 9.88 Å². The van der Waals surface area contributed by atoms with Crippen molar-refractivity contribution in [2.45, 2.75) is 20.8 Å². The van der Waals surface area contributed by atoms with Gasteiger partial charge in [-0.2, -0.15) is 0 Å². The number of hydrogen-bond acceptors (Lipinski definition) is 4. The largest absolute Gasteiger partial charge is 0.341 e. The number of carbonyl (C=O) groups excluding carboxylic acids is 2. The summed E-state index contributed by atoms with van der Waals surface area (Å²) in [5.41, 5.74) is 5.37. The van der Waals surface area contributed by atoms with E-state index in [1.165, 1.54) is 16.9 Å². The Morgan fingerprint density at radius 3 is 2.18 bits per heavy atom. The van der Waals surface area contributed by atoms with Crippen LogP contribution >= 0.6 is 11.3 Å². The molecule has 1 aromatic heterocycles. The van der Waals surface area contributed by atoms with Gasteiger partial charge in [0.2, 0.25) is 0 Å². The number of aromatic nitrogens is 1. The molecule has 0 spiro atoms. The van der Waals surface area contributed by atoms with E-state index in [0.717, 1.165) is 16.1 Å². The summed E-state index contributed by atoms with van der Waals surface area (Å²) in [5, 5.41) is 8.88. The zero-order chi connectivity index (χ0) is 20.3. The first-order chi connectivity index (χ1) is 13.4. The lowest BCUT2D eigenvalue weighted by Gasteiger charge is -2.07. The minimum atomic E-state index is -0.295. The smallest absolute Gasteiger partial charge is 0.318 e. The van der Waals surface area contributed by atoms with E-state index in [-0.39, 0.29) is 11.9 Å². The number of carbonyl (C=O) groups is 2. The van der Waals surface area contributed by atoms with Crippen LogP contribution in [0, 0.1) is 20.8 Å². The van der Waals surface area contributed by atoms with Crippen molar-refractivity contribution < 1.29 is 9.59 Å². The maximum atomic E-state index is 12.7. The fraction of sp³-hybridized carbons (Fsp3) is 0.190. The standard InChI is InChI=1S/C21H22N4O2S/c1-12-5-10-17(13(2)11-12)20-23-14(3)18(28-20)19(26)24-15-6-8-16(9-7-15)25-21(27)22-4/h5-11H,1-4H3,(H,24,26)(H2,22,25,27). The second-order valence-corrected chi connectivity index (χ2v) is 7.49. The van der Waals surface area contributed by atoms with E-state index in [4.69, 9.17) is 0 Å². The molecule has 0 atom stereocenters. The summed E-state index contributed by atoms with van der Waals surface area (Å²) in [6.45, 7) is 5.94. The topological polar surface area (TPSA) is 83.1 Å². The number of nitrogens with zero attached hydrogens (tertiary/aromatic N) is 1. The second kappa shape index (κ2) is 8.22. The molecule has 0 fully saturated rings. The predicted molar refractivity (Wildman–Crippen MR) is 114 cm³/mol. The Bertz CT molecular complexity index is 1030. The van der Waals surface area contributed by atoms with E-state index in [1.807, 2.05) is 26.0 Å². The average molecular weight is 395 g/mol. The highest BCUT2D eigenvalue weighted by Crippen LogP contribution is 2.31. The molecule has 28 heavy (non-hydrogen) atoms. The summed E-state index contributed by atoms with van der Waals surface area (Å²) in [5.74, 6) is -0.196. The lowest BCUT2D eigenvalue weighted by atomic mass is 10.1. The van der Waals surface area contributed by atoms with Crippen molar-refractivity contribution in [1.82, 2.24) is 10.3 Å². The van der Waals surface area contributed by atoms with Gasteiger partial charge in [-0.25, -0.2) is 9.78 Å². The highest BCUT2D eigenvalue weighted by atomic mass is 32.1. The minimum absolute atomic E-state index is 0.196. The van der Waals surface area contributed by atoms with Gasteiger partial charge < -0.3 is 16.0 Å². The predicted octanol–water partition coefficient (Wildman–Crippen LogP) is 4.74. The summed E-state index contributed by atoms with van der Waals surface area (Å²) in [6.07, 6.45) is 0. The van der Waals surface area contributed by atoms with E-state index >= 15 is 0 Å². The third-order valence-corrected chi connectivity index (χ3v) is 5.43. The molecule has 7 heteroatoms. The Hall–Kier alpha value is -3.19. The van der Waals surface area contributed by atoms with Crippen LogP contribution in [0.4, 0.5) is 16.2 Å². The number of nitrogens with one attached hydrogen (secondary N) is 3. The zero-order valence-electron chi connectivity index (χ0n) is 16.2. The van der Waals surface area contributed by atoms with Gasteiger partial charge in [0.05, 0.1) is 5.69 Å². The van der Waals surface area contributed by atoms with Crippen LogP contribution in [0.1, 0.15) is 26.5 Å². The van der Waals surface area contributed by atoms with Crippen molar-refractivity contribution in [3.63, 3.8) is 0 Å². The van der Waals surface area contributed by atoms with Crippen molar-refractivity contribution in [3.05, 3.63) is 64.2 Å². The molecule has 0 aliphatic heterocycles. The van der Waals surface area contributed by atoms with Crippen LogP contribution in [0.25, 0.3) is 10.6 Å². The number of thiazole rings is 1. The Labute approximate surface area is 168 Å². The van der Waals surface area contributed by atoms with Crippen molar-refractivity contribution in [3.8, 4) is 10.6 Å². The van der Waals surface area contributed by atoms with Gasteiger partial charge in [-0.3, -0.25) is 4.79 Å². The number of anilines is 2. The molecular formula is C21H22N4O2S. The normalized spacial score (nSPS) is 10.4. The number of hydrogen-bond donors (Lipinski definition) is 3. The van der Waals surface area contributed by atoms with Crippen LogP contribution in [0.5, 0.6) is 0 Å². The van der Waals surface area contributed by atoms with Crippen molar-refractivity contribution in [2.75, 3.05) is 17.7 Å². The third kappa shape index (κ3) is 4.37. The highest BCUT2D eigenvalue weighted by molar-refractivity contribution is 7.17. The molecule has 144 valence electrons. The van der Waals surface area contributed by atoms with Crippen LogP contribution in [0.15, 0.2) is 42.5 Å². The average Bonchev–Trinajstić information content (AvgIpc) is 3.04. The van der Waals surface area contributed by atoms with Crippen LogP contribution in [-0.4, -0.2) is 24.0 Å². The third-order valence-electron chi connectivity index (χ3n) is 4.24. The molecule has 1 heterocycles. The number of aryl methyl sites for hydroxylation is 3. The van der Waals surface area contributed by atoms with Crippen molar-refractivity contribution >= 4 is 34.6 Å². The van der Waals surface area contributed by atoms with E-state index in [9.17, 15) is 9.59 Å². The molecule has 3 rings (SSSR count). The van der Waals surface area contributed by atoms with Gasteiger partial charge in [0.25, 0.3) is 5.91 Å². The molecule has 6 nitrogen and oxygen atoms in total. The van der Waals surface area contributed by atoms with Gasteiger partial charge in [-0.1, -0.05) is 23.8 Å². The lowest BCUT2D eigenvalue weighted by Crippen LogP contribution is -2.24. The summed E-state index contributed by atoms with van der Waals surface area (Å²) in [7, 11) is 1.55. The minimum Gasteiger partial charge on any atom is -0.341 e. The van der Waals surface area contributed by atoms with Crippen LogP contribution in [0.3, 0.4) is 0 Å². The van der Waals surface area contributed by atoms with Gasteiger partial charge in [-0.05, 0) is 50.6 Å². The molecule has 0 unspecified atom stereocenters. The van der Waals surface area contributed by atoms with E-state index in [0.29, 0.717) is 21.9 Å². The number of urea groups is 1. The van der Waals surface area contributed by atoms with Gasteiger partial charge in [0, 0.05) is 24.0 Å². The number of amides is 3. The lowest BCUT2D eigenvalue weighted by molar-refractivity contribution is 0.103. The Morgan fingerprint density at radius 1 is 0.929 bits per heavy atom. The zero-order valence-corrected chi connectivity index (χ0v) is 17.0. The summed E-state index contributed by atoms with van der Waals surface area (Å²) in [4.78, 5) is 29.2.